The van der Waals surface area contributed by atoms with Crippen LogP contribution in [-0.2, 0) is 4.74 Å². The molecule has 1 heterocycles. The second-order valence-electron chi connectivity index (χ2n) is 4.95. The molecule has 3 heteroatoms. The molecule has 20 heavy (non-hydrogen) atoms. The Morgan fingerprint density at radius 3 is 2.30 bits per heavy atom. The van der Waals surface area contributed by atoms with E-state index in [9.17, 15) is 9.90 Å². The summed E-state index contributed by atoms with van der Waals surface area (Å²) in [6, 6.07) is 11.0. The maximum atomic E-state index is 11.8. The van der Waals surface area contributed by atoms with Crippen LogP contribution in [0.4, 0.5) is 0 Å². The highest BCUT2D eigenvalue weighted by Gasteiger charge is 2.25. The van der Waals surface area contributed by atoms with Gasteiger partial charge in [0.25, 0.3) is 0 Å². The molecule has 0 spiro atoms. The number of esters is 1. The minimum atomic E-state index is -0.320. The van der Waals surface area contributed by atoms with Gasteiger partial charge in [0.1, 0.15) is 11.5 Å². The lowest BCUT2D eigenvalue weighted by molar-refractivity contribution is 0.0717. The molecule has 0 saturated heterocycles. The van der Waals surface area contributed by atoms with Crippen LogP contribution in [0.15, 0.2) is 36.4 Å². The standard InChI is InChI=1S/C17H14O3/c1-10-7-12(8-11(2)16(10)18)9-15-13-5-3-4-6-14(13)17(19)20-15/h3-9,18H,1-2H3/b15-9+. The van der Waals surface area contributed by atoms with Gasteiger partial charge in [-0.15, -0.1) is 0 Å². The largest absolute Gasteiger partial charge is 0.507 e. The van der Waals surface area contributed by atoms with Crippen LogP contribution in [0, 0.1) is 13.8 Å². The number of aryl methyl sites for hydroxylation is 2. The molecule has 0 radical (unpaired) electrons. The van der Waals surface area contributed by atoms with Gasteiger partial charge in [-0.05, 0) is 54.8 Å². The summed E-state index contributed by atoms with van der Waals surface area (Å²) in [6.45, 7) is 3.69. The van der Waals surface area contributed by atoms with Gasteiger partial charge < -0.3 is 9.84 Å². The average molecular weight is 266 g/mol. The number of benzene rings is 2. The van der Waals surface area contributed by atoms with E-state index >= 15 is 0 Å². The molecule has 3 rings (SSSR count). The molecule has 1 aliphatic rings. The number of phenolic OH excluding ortho intramolecular Hbond substituents is 1. The Morgan fingerprint density at radius 1 is 1.05 bits per heavy atom. The third-order valence-corrected chi connectivity index (χ3v) is 3.43. The van der Waals surface area contributed by atoms with Crippen molar-refractivity contribution in [3.05, 3.63) is 64.2 Å². The lowest BCUT2D eigenvalue weighted by Crippen LogP contribution is -1.92. The van der Waals surface area contributed by atoms with Crippen LogP contribution in [0.2, 0.25) is 0 Å². The molecule has 100 valence electrons. The molecule has 2 aromatic rings. The number of aromatic hydroxyl groups is 1. The molecule has 0 amide bonds. The van der Waals surface area contributed by atoms with Crippen molar-refractivity contribution in [2.45, 2.75) is 13.8 Å². The van der Waals surface area contributed by atoms with Crippen molar-refractivity contribution in [1.29, 1.82) is 0 Å². The smallest absolute Gasteiger partial charge is 0.344 e. The molecule has 0 atom stereocenters. The van der Waals surface area contributed by atoms with Gasteiger partial charge in [-0.3, -0.25) is 0 Å². The van der Waals surface area contributed by atoms with Crippen LogP contribution in [-0.4, -0.2) is 11.1 Å². The van der Waals surface area contributed by atoms with E-state index in [1.165, 1.54) is 0 Å². The Labute approximate surface area is 117 Å². The van der Waals surface area contributed by atoms with Gasteiger partial charge in [-0.1, -0.05) is 18.2 Å². The second kappa shape index (κ2) is 4.53. The highest BCUT2D eigenvalue weighted by atomic mass is 16.5. The molecular weight excluding hydrogens is 252 g/mol. The first-order chi connectivity index (χ1) is 9.56. The number of hydrogen-bond acceptors (Lipinski definition) is 3. The number of carbonyl (C=O) groups is 1. The summed E-state index contributed by atoms with van der Waals surface area (Å²) in [6.07, 6.45) is 1.82. The average Bonchev–Trinajstić information content (AvgIpc) is 2.73. The number of carbonyl (C=O) groups excluding carboxylic acids is 1. The Balaban J connectivity index is 2.09. The first-order valence-electron chi connectivity index (χ1n) is 6.40. The maximum Gasteiger partial charge on any atom is 0.344 e. The van der Waals surface area contributed by atoms with Gasteiger partial charge in [0.2, 0.25) is 0 Å². The zero-order valence-corrected chi connectivity index (χ0v) is 11.3. The number of hydrogen-bond donors (Lipinski definition) is 1. The molecule has 0 fully saturated rings. The van der Waals surface area contributed by atoms with E-state index in [0.717, 1.165) is 22.3 Å². The summed E-state index contributed by atoms with van der Waals surface area (Å²) in [4.78, 5) is 11.8. The predicted octanol–water partition coefficient (Wildman–Crippen LogP) is 3.68. The third-order valence-electron chi connectivity index (χ3n) is 3.43. The molecule has 1 aliphatic heterocycles. The van der Waals surface area contributed by atoms with Crippen molar-refractivity contribution in [2.75, 3.05) is 0 Å². The number of cyclic esters (lactones) is 1. The summed E-state index contributed by atoms with van der Waals surface area (Å²) in [5.41, 5.74) is 3.90. The molecular formula is C17H14O3. The second-order valence-corrected chi connectivity index (χ2v) is 4.95. The van der Waals surface area contributed by atoms with E-state index in [1.54, 1.807) is 6.07 Å². The predicted molar refractivity (Wildman–Crippen MR) is 77.3 cm³/mol. The molecule has 0 unspecified atom stereocenters. The summed E-state index contributed by atoms with van der Waals surface area (Å²) >= 11 is 0. The van der Waals surface area contributed by atoms with E-state index in [2.05, 4.69) is 0 Å². The molecule has 0 saturated carbocycles. The molecule has 0 bridgehead atoms. The van der Waals surface area contributed by atoms with E-state index in [4.69, 9.17) is 4.74 Å². The van der Waals surface area contributed by atoms with Gasteiger partial charge in [0, 0.05) is 5.56 Å². The van der Waals surface area contributed by atoms with E-state index in [1.807, 2.05) is 50.3 Å². The number of ether oxygens (including phenoxy) is 1. The van der Waals surface area contributed by atoms with Crippen LogP contribution >= 0.6 is 0 Å². The molecule has 0 aliphatic carbocycles. The highest BCUT2D eigenvalue weighted by molar-refractivity contribution is 6.05. The van der Waals surface area contributed by atoms with Gasteiger partial charge in [0.05, 0.1) is 5.56 Å². The Kier molecular flexibility index (Phi) is 2.83. The summed E-state index contributed by atoms with van der Waals surface area (Å²) < 4.78 is 5.31. The Hall–Kier alpha value is -2.55. The Morgan fingerprint density at radius 2 is 1.65 bits per heavy atom. The zero-order valence-electron chi connectivity index (χ0n) is 11.3. The molecule has 2 aromatic carbocycles. The number of rotatable bonds is 1. The molecule has 3 nitrogen and oxygen atoms in total. The fourth-order valence-corrected chi connectivity index (χ4v) is 2.42. The normalized spacial score (nSPS) is 15.3. The van der Waals surface area contributed by atoms with Crippen molar-refractivity contribution < 1.29 is 14.6 Å². The number of fused-ring (bicyclic) bond motifs is 1. The molecule has 1 N–H and O–H groups in total. The zero-order chi connectivity index (χ0) is 14.3. The lowest BCUT2D eigenvalue weighted by Gasteiger charge is -2.05. The van der Waals surface area contributed by atoms with Crippen LogP contribution in [0.25, 0.3) is 11.8 Å². The monoisotopic (exact) mass is 266 g/mol. The minimum Gasteiger partial charge on any atom is -0.507 e. The number of phenols is 1. The fourth-order valence-electron chi connectivity index (χ4n) is 2.42. The Bertz CT molecular complexity index is 719. The third kappa shape index (κ3) is 1.97. The first-order valence-corrected chi connectivity index (χ1v) is 6.40. The van der Waals surface area contributed by atoms with Crippen LogP contribution in [0.3, 0.4) is 0 Å². The van der Waals surface area contributed by atoms with Crippen molar-refractivity contribution >= 4 is 17.8 Å². The summed E-state index contributed by atoms with van der Waals surface area (Å²) in [7, 11) is 0. The SMILES string of the molecule is Cc1cc(/C=C2/OC(=O)c3ccccc32)cc(C)c1O. The van der Waals surface area contributed by atoms with Gasteiger partial charge in [-0.2, -0.15) is 0 Å². The van der Waals surface area contributed by atoms with Crippen LogP contribution < -0.4 is 0 Å². The van der Waals surface area contributed by atoms with Gasteiger partial charge in [0.15, 0.2) is 0 Å². The van der Waals surface area contributed by atoms with Gasteiger partial charge in [-0.25, -0.2) is 4.79 Å². The topological polar surface area (TPSA) is 46.5 Å². The van der Waals surface area contributed by atoms with E-state index < -0.39 is 0 Å². The van der Waals surface area contributed by atoms with E-state index in [0.29, 0.717) is 17.1 Å². The van der Waals surface area contributed by atoms with Crippen LogP contribution in [0.5, 0.6) is 5.75 Å². The highest BCUT2D eigenvalue weighted by Crippen LogP contribution is 2.32. The van der Waals surface area contributed by atoms with Crippen molar-refractivity contribution in [1.82, 2.24) is 0 Å². The van der Waals surface area contributed by atoms with Gasteiger partial charge >= 0.3 is 5.97 Å². The summed E-state index contributed by atoms with van der Waals surface area (Å²) in [5, 5.41) is 9.79. The van der Waals surface area contributed by atoms with Crippen LogP contribution in [0.1, 0.15) is 32.6 Å². The fraction of sp³-hybridized carbons (Fsp3) is 0.118. The van der Waals surface area contributed by atoms with Crippen molar-refractivity contribution in [3.8, 4) is 5.75 Å². The quantitative estimate of drug-likeness (QED) is 0.801. The minimum absolute atomic E-state index is 0.302. The summed E-state index contributed by atoms with van der Waals surface area (Å²) in [5.74, 6) is 0.533. The van der Waals surface area contributed by atoms with Crippen molar-refractivity contribution in [3.63, 3.8) is 0 Å². The lowest BCUT2D eigenvalue weighted by atomic mass is 10.0. The molecule has 0 aromatic heterocycles. The first kappa shape index (κ1) is 12.5. The van der Waals surface area contributed by atoms with E-state index in [-0.39, 0.29) is 5.97 Å². The van der Waals surface area contributed by atoms with Crippen molar-refractivity contribution in [2.24, 2.45) is 0 Å². The maximum absolute atomic E-state index is 11.8.